The average Bonchev–Trinajstić information content (AvgIpc) is 3.13. The minimum atomic E-state index is -0.262. The van der Waals surface area contributed by atoms with Crippen LogP contribution >= 0.6 is 34.3 Å². The van der Waals surface area contributed by atoms with Crippen LogP contribution in [-0.2, 0) is 11.3 Å². The highest BCUT2D eigenvalue weighted by molar-refractivity contribution is 7.18. The molecule has 7 heteroatoms. The van der Waals surface area contributed by atoms with E-state index in [2.05, 4.69) is 35.5 Å². The number of halogens is 1. The molecule has 0 N–H and O–H groups in total. The fourth-order valence-electron chi connectivity index (χ4n) is 2.49. The van der Waals surface area contributed by atoms with E-state index in [-0.39, 0.29) is 5.91 Å². The Morgan fingerprint density at radius 1 is 1.24 bits per heavy atom. The van der Waals surface area contributed by atoms with Gasteiger partial charge in [0.05, 0.1) is 26.0 Å². The summed E-state index contributed by atoms with van der Waals surface area (Å²) in [7, 11) is 0. The van der Waals surface area contributed by atoms with Gasteiger partial charge in [-0.1, -0.05) is 22.9 Å². The number of amides is 1. The quantitative estimate of drug-likeness (QED) is 0.582. The fraction of sp³-hybridized carbons (Fsp3) is 0.333. The summed E-state index contributed by atoms with van der Waals surface area (Å²) in [4.78, 5) is 18.1. The second kappa shape index (κ2) is 7.83. The van der Waals surface area contributed by atoms with E-state index in [1.54, 1.807) is 12.1 Å². The fourth-order valence-corrected chi connectivity index (χ4v) is 4.56. The van der Waals surface area contributed by atoms with Crippen LogP contribution in [-0.4, -0.2) is 23.7 Å². The monoisotopic (exact) mass is 394 g/mol. The van der Waals surface area contributed by atoms with E-state index in [0.717, 1.165) is 10.2 Å². The summed E-state index contributed by atoms with van der Waals surface area (Å²) in [6.45, 7) is 8.07. The Balaban J connectivity index is 2.10. The number of carbonyl (C=O) groups is 1. The summed E-state index contributed by atoms with van der Waals surface area (Å²) in [5, 5.41) is 0. The molecule has 1 aromatic carbocycles. The normalized spacial score (nSPS) is 12.2. The number of thiazole rings is 1. The molecule has 0 spiro atoms. The van der Waals surface area contributed by atoms with Gasteiger partial charge in [0.1, 0.15) is 0 Å². The van der Waals surface area contributed by atoms with Gasteiger partial charge in [-0.2, -0.15) is 4.99 Å². The third kappa shape index (κ3) is 4.03. The molecule has 132 valence electrons. The Hall–Kier alpha value is -1.47. The van der Waals surface area contributed by atoms with Crippen molar-refractivity contribution in [3.8, 4) is 0 Å². The molecule has 0 radical (unpaired) electrons. The van der Waals surface area contributed by atoms with Crippen LogP contribution < -0.4 is 4.80 Å². The topological polar surface area (TPSA) is 43.6 Å². The minimum Gasteiger partial charge on any atom is -0.380 e. The number of ether oxygens (including phenoxy) is 1. The molecular formula is C18H19ClN2O2S2. The van der Waals surface area contributed by atoms with Crippen LogP contribution in [0.5, 0.6) is 0 Å². The first-order valence-electron chi connectivity index (χ1n) is 8.02. The number of rotatable bonds is 5. The lowest BCUT2D eigenvalue weighted by Gasteiger charge is -2.07. The smallest absolute Gasteiger partial charge is 0.289 e. The summed E-state index contributed by atoms with van der Waals surface area (Å²) in [5.41, 5.74) is 3.54. The van der Waals surface area contributed by atoms with Gasteiger partial charge in [0, 0.05) is 13.2 Å². The molecule has 0 aliphatic heterocycles. The maximum Gasteiger partial charge on any atom is 0.289 e. The van der Waals surface area contributed by atoms with Crippen molar-refractivity contribution in [1.82, 2.24) is 4.57 Å². The Morgan fingerprint density at radius 3 is 2.68 bits per heavy atom. The van der Waals surface area contributed by atoms with Gasteiger partial charge < -0.3 is 9.30 Å². The van der Waals surface area contributed by atoms with Gasteiger partial charge in [-0.25, -0.2) is 0 Å². The van der Waals surface area contributed by atoms with Crippen molar-refractivity contribution in [1.29, 1.82) is 0 Å². The second-order valence-corrected chi connectivity index (χ2v) is 8.38. The first-order chi connectivity index (χ1) is 12.0. The number of aromatic nitrogens is 1. The molecule has 0 fully saturated rings. The van der Waals surface area contributed by atoms with Crippen molar-refractivity contribution >= 4 is 50.4 Å². The molecule has 1 amide bonds. The summed E-state index contributed by atoms with van der Waals surface area (Å²) < 4.78 is 9.27. The van der Waals surface area contributed by atoms with Crippen LogP contribution in [0, 0.1) is 13.8 Å². The van der Waals surface area contributed by atoms with Crippen LogP contribution in [0.25, 0.3) is 10.2 Å². The third-order valence-corrected chi connectivity index (χ3v) is 6.20. The van der Waals surface area contributed by atoms with Crippen LogP contribution in [0.15, 0.2) is 29.3 Å². The number of hydrogen-bond acceptors (Lipinski definition) is 4. The van der Waals surface area contributed by atoms with Crippen molar-refractivity contribution in [2.24, 2.45) is 4.99 Å². The van der Waals surface area contributed by atoms with Crippen LogP contribution in [0.4, 0.5) is 0 Å². The molecule has 0 saturated heterocycles. The van der Waals surface area contributed by atoms with Gasteiger partial charge in [-0.05, 0) is 56.2 Å². The lowest BCUT2D eigenvalue weighted by atomic mass is 10.1. The summed E-state index contributed by atoms with van der Waals surface area (Å²) in [6.07, 6.45) is 0. The minimum absolute atomic E-state index is 0.262. The lowest BCUT2D eigenvalue weighted by Crippen LogP contribution is -2.19. The van der Waals surface area contributed by atoms with Crippen molar-refractivity contribution in [2.45, 2.75) is 27.3 Å². The van der Waals surface area contributed by atoms with Gasteiger partial charge in [-0.15, -0.1) is 11.3 Å². The van der Waals surface area contributed by atoms with Crippen LogP contribution in [0.1, 0.15) is 27.7 Å². The number of aryl methyl sites for hydroxylation is 2. The zero-order chi connectivity index (χ0) is 18.0. The Kier molecular flexibility index (Phi) is 5.74. The molecular weight excluding hydrogens is 376 g/mol. The van der Waals surface area contributed by atoms with Gasteiger partial charge in [-0.3, -0.25) is 4.79 Å². The van der Waals surface area contributed by atoms with E-state index >= 15 is 0 Å². The van der Waals surface area contributed by atoms with Crippen molar-refractivity contribution in [3.63, 3.8) is 0 Å². The van der Waals surface area contributed by atoms with Crippen LogP contribution in [0.3, 0.4) is 0 Å². The highest BCUT2D eigenvalue weighted by Crippen LogP contribution is 2.24. The zero-order valence-corrected chi connectivity index (χ0v) is 16.7. The van der Waals surface area contributed by atoms with Gasteiger partial charge in [0.2, 0.25) is 0 Å². The number of fused-ring (bicyclic) bond motifs is 1. The van der Waals surface area contributed by atoms with Crippen molar-refractivity contribution in [3.05, 3.63) is 49.4 Å². The van der Waals surface area contributed by atoms with E-state index in [4.69, 9.17) is 16.3 Å². The van der Waals surface area contributed by atoms with E-state index in [0.29, 0.717) is 33.8 Å². The zero-order valence-electron chi connectivity index (χ0n) is 14.3. The van der Waals surface area contributed by atoms with Gasteiger partial charge >= 0.3 is 0 Å². The molecule has 2 heterocycles. The molecule has 0 unspecified atom stereocenters. The van der Waals surface area contributed by atoms with Crippen molar-refractivity contribution in [2.75, 3.05) is 13.2 Å². The Labute approximate surface area is 159 Å². The average molecular weight is 395 g/mol. The number of hydrogen-bond donors (Lipinski definition) is 0. The molecule has 0 aliphatic carbocycles. The van der Waals surface area contributed by atoms with Crippen LogP contribution in [0.2, 0.25) is 4.34 Å². The largest absolute Gasteiger partial charge is 0.380 e. The SMILES string of the molecule is CCOCCn1c(=NC(=O)c2ccc(Cl)s2)sc2cc(C)c(C)cc21. The standard InChI is InChI=1S/C18H19ClN2O2S2/c1-4-23-8-7-21-13-9-11(2)12(3)10-15(13)25-18(21)20-17(22)14-5-6-16(19)24-14/h5-6,9-10H,4,7-8H2,1-3H3. The molecule has 0 bridgehead atoms. The summed E-state index contributed by atoms with van der Waals surface area (Å²) >= 11 is 8.70. The molecule has 0 aliphatic rings. The molecule has 3 aromatic rings. The van der Waals surface area contributed by atoms with E-state index in [9.17, 15) is 4.79 Å². The van der Waals surface area contributed by atoms with E-state index in [1.165, 1.54) is 33.8 Å². The molecule has 2 aromatic heterocycles. The van der Waals surface area contributed by atoms with E-state index < -0.39 is 0 Å². The molecule has 3 rings (SSSR count). The van der Waals surface area contributed by atoms with Gasteiger partial charge in [0.25, 0.3) is 5.91 Å². The summed E-state index contributed by atoms with van der Waals surface area (Å²) in [5.74, 6) is -0.262. The first-order valence-corrected chi connectivity index (χ1v) is 10.0. The van der Waals surface area contributed by atoms with Crippen molar-refractivity contribution < 1.29 is 9.53 Å². The summed E-state index contributed by atoms with van der Waals surface area (Å²) in [6, 6.07) is 7.73. The number of thiophene rings is 1. The van der Waals surface area contributed by atoms with Gasteiger partial charge in [0.15, 0.2) is 4.80 Å². The maximum atomic E-state index is 12.5. The maximum absolute atomic E-state index is 12.5. The number of carbonyl (C=O) groups excluding carboxylic acids is 1. The lowest BCUT2D eigenvalue weighted by molar-refractivity contribution is 0.100. The molecule has 4 nitrogen and oxygen atoms in total. The second-order valence-electron chi connectivity index (χ2n) is 5.66. The predicted molar refractivity (Wildman–Crippen MR) is 105 cm³/mol. The highest BCUT2D eigenvalue weighted by atomic mass is 35.5. The molecule has 0 saturated carbocycles. The van der Waals surface area contributed by atoms with E-state index in [1.807, 2.05) is 6.92 Å². The Bertz CT molecular complexity index is 985. The highest BCUT2D eigenvalue weighted by Gasteiger charge is 2.12. The number of nitrogens with zero attached hydrogens (tertiary/aromatic N) is 2. The first kappa shape index (κ1) is 18.3. The third-order valence-electron chi connectivity index (χ3n) is 3.94. The predicted octanol–water partition coefficient (Wildman–Crippen LogP) is 4.81. The molecule has 0 atom stereocenters. The molecule has 25 heavy (non-hydrogen) atoms. The number of benzene rings is 1. The Morgan fingerprint density at radius 2 is 2.00 bits per heavy atom.